The lowest BCUT2D eigenvalue weighted by Gasteiger charge is -2.09. The van der Waals surface area contributed by atoms with E-state index in [2.05, 4.69) is 10.1 Å². The summed E-state index contributed by atoms with van der Waals surface area (Å²) in [6.45, 7) is 0. The van der Waals surface area contributed by atoms with E-state index in [0.29, 0.717) is 12.1 Å². The molecule has 84 valence electrons. The summed E-state index contributed by atoms with van der Waals surface area (Å²) in [5.74, 6) is -0.350. The van der Waals surface area contributed by atoms with Crippen molar-refractivity contribution < 1.29 is 4.39 Å². The standard InChI is InChI=1S/C11H13FN4/c1-16-7-8(5-15-16)4-10(13)11-3-2-9(12)6-14-11/h2-3,5-7,10H,4,13H2,1H3. The molecule has 2 aromatic rings. The van der Waals surface area contributed by atoms with Crippen molar-refractivity contribution in [3.05, 3.63) is 47.8 Å². The van der Waals surface area contributed by atoms with Crippen LogP contribution in [0.2, 0.25) is 0 Å². The molecule has 2 aromatic heterocycles. The zero-order valence-electron chi connectivity index (χ0n) is 8.97. The number of aryl methyl sites for hydroxylation is 1. The van der Waals surface area contributed by atoms with E-state index in [0.717, 1.165) is 5.56 Å². The molecule has 2 rings (SSSR count). The fourth-order valence-corrected chi connectivity index (χ4v) is 1.54. The molecule has 2 N–H and O–H groups in total. The maximum atomic E-state index is 12.7. The number of halogens is 1. The minimum atomic E-state index is -0.350. The fraction of sp³-hybridized carbons (Fsp3) is 0.273. The van der Waals surface area contributed by atoms with Crippen LogP contribution in [-0.4, -0.2) is 14.8 Å². The van der Waals surface area contributed by atoms with Crippen LogP contribution in [-0.2, 0) is 13.5 Å². The second kappa shape index (κ2) is 4.40. The Labute approximate surface area is 92.9 Å². The molecule has 0 saturated carbocycles. The van der Waals surface area contributed by atoms with Crippen molar-refractivity contribution in [2.75, 3.05) is 0 Å². The van der Waals surface area contributed by atoms with Crippen LogP contribution < -0.4 is 5.73 Å². The first-order valence-corrected chi connectivity index (χ1v) is 4.99. The summed E-state index contributed by atoms with van der Waals surface area (Å²) in [6.07, 6.45) is 5.50. The summed E-state index contributed by atoms with van der Waals surface area (Å²) in [5.41, 5.74) is 7.69. The highest BCUT2D eigenvalue weighted by molar-refractivity contribution is 5.14. The predicted molar refractivity (Wildman–Crippen MR) is 58.0 cm³/mol. The molecular weight excluding hydrogens is 207 g/mol. The van der Waals surface area contributed by atoms with Crippen molar-refractivity contribution >= 4 is 0 Å². The first-order chi connectivity index (χ1) is 7.65. The molecule has 2 heterocycles. The Bertz CT molecular complexity index is 463. The van der Waals surface area contributed by atoms with E-state index in [9.17, 15) is 4.39 Å². The molecule has 5 heteroatoms. The van der Waals surface area contributed by atoms with E-state index >= 15 is 0 Å². The van der Waals surface area contributed by atoms with Crippen LogP contribution in [0, 0.1) is 5.82 Å². The number of nitrogens with zero attached hydrogens (tertiary/aromatic N) is 3. The molecule has 1 unspecified atom stereocenters. The van der Waals surface area contributed by atoms with Gasteiger partial charge in [-0.3, -0.25) is 9.67 Å². The lowest BCUT2D eigenvalue weighted by atomic mass is 10.1. The van der Waals surface area contributed by atoms with Gasteiger partial charge in [0, 0.05) is 13.2 Å². The Hall–Kier alpha value is -1.75. The van der Waals surface area contributed by atoms with Gasteiger partial charge in [-0.05, 0) is 24.1 Å². The summed E-state index contributed by atoms with van der Waals surface area (Å²) in [7, 11) is 1.85. The molecule has 1 atom stereocenters. The van der Waals surface area contributed by atoms with E-state index in [-0.39, 0.29) is 11.9 Å². The van der Waals surface area contributed by atoms with Gasteiger partial charge in [0.2, 0.25) is 0 Å². The quantitative estimate of drug-likeness (QED) is 0.845. The van der Waals surface area contributed by atoms with Crippen molar-refractivity contribution in [1.82, 2.24) is 14.8 Å². The van der Waals surface area contributed by atoms with Gasteiger partial charge in [0.1, 0.15) is 5.82 Å². The topological polar surface area (TPSA) is 56.7 Å². The summed E-state index contributed by atoms with van der Waals surface area (Å²) in [5, 5.41) is 4.06. The third kappa shape index (κ3) is 2.43. The molecule has 0 radical (unpaired) electrons. The molecule has 0 bridgehead atoms. The Morgan fingerprint density at radius 3 is 2.81 bits per heavy atom. The van der Waals surface area contributed by atoms with Crippen LogP contribution in [0.5, 0.6) is 0 Å². The first-order valence-electron chi connectivity index (χ1n) is 4.99. The highest BCUT2D eigenvalue weighted by Crippen LogP contribution is 2.13. The number of hydrogen-bond donors (Lipinski definition) is 1. The van der Waals surface area contributed by atoms with Gasteiger partial charge in [-0.15, -0.1) is 0 Å². The van der Waals surface area contributed by atoms with Crippen molar-refractivity contribution in [3.63, 3.8) is 0 Å². The van der Waals surface area contributed by atoms with E-state index in [1.54, 1.807) is 16.9 Å². The first kappa shape index (κ1) is 10.8. The van der Waals surface area contributed by atoms with Crippen LogP contribution in [0.4, 0.5) is 4.39 Å². The predicted octanol–water partition coefficient (Wildman–Crippen LogP) is 1.20. The van der Waals surface area contributed by atoms with Crippen LogP contribution in [0.1, 0.15) is 17.3 Å². The van der Waals surface area contributed by atoms with Gasteiger partial charge in [0.05, 0.1) is 24.1 Å². The van der Waals surface area contributed by atoms with Gasteiger partial charge < -0.3 is 5.73 Å². The largest absolute Gasteiger partial charge is 0.322 e. The highest BCUT2D eigenvalue weighted by Gasteiger charge is 2.09. The lowest BCUT2D eigenvalue weighted by molar-refractivity contribution is 0.612. The summed E-state index contributed by atoms with van der Waals surface area (Å²) in [4.78, 5) is 3.95. The SMILES string of the molecule is Cn1cc(CC(N)c2ccc(F)cn2)cn1. The van der Waals surface area contributed by atoms with Gasteiger partial charge in [0.15, 0.2) is 0 Å². The van der Waals surface area contributed by atoms with Crippen LogP contribution >= 0.6 is 0 Å². The summed E-state index contributed by atoms with van der Waals surface area (Å²) in [6, 6.07) is 2.74. The Morgan fingerprint density at radius 2 is 2.25 bits per heavy atom. The van der Waals surface area contributed by atoms with Gasteiger partial charge in [0.25, 0.3) is 0 Å². The van der Waals surface area contributed by atoms with Crippen LogP contribution in [0.3, 0.4) is 0 Å². The number of rotatable bonds is 3. The Balaban J connectivity index is 2.08. The van der Waals surface area contributed by atoms with Crippen molar-refractivity contribution in [2.45, 2.75) is 12.5 Å². The van der Waals surface area contributed by atoms with Crippen molar-refractivity contribution in [3.8, 4) is 0 Å². The fourth-order valence-electron chi connectivity index (χ4n) is 1.54. The maximum absolute atomic E-state index is 12.7. The Kier molecular flexibility index (Phi) is 2.96. The Morgan fingerprint density at radius 1 is 1.44 bits per heavy atom. The molecule has 0 fully saturated rings. The minimum Gasteiger partial charge on any atom is -0.322 e. The third-order valence-electron chi connectivity index (χ3n) is 2.34. The van der Waals surface area contributed by atoms with Crippen molar-refractivity contribution in [2.24, 2.45) is 12.8 Å². The second-order valence-corrected chi connectivity index (χ2v) is 3.73. The summed E-state index contributed by atoms with van der Waals surface area (Å²) >= 11 is 0. The molecule has 0 spiro atoms. The third-order valence-corrected chi connectivity index (χ3v) is 2.34. The van der Waals surface area contributed by atoms with Gasteiger partial charge in [-0.2, -0.15) is 5.10 Å². The number of nitrogens with two attached hydrogens (primary N) is 1. The average molecular weight is 220 g/mol. The lowest BCUT2D eigenvalue weighted by Crippen LogP contribution is -2.14. The molecule has 0 aliphatic rings. The van der Waals surface area contributed by atoms with E-state index < -0.39 is 0 Å². The van der Waals surface area contributed by atoms with Crippen LogP contribution in [0.25, 0.3) is 0 Å². The second-order valence-electron chi connectivity index (χ2n) is 3.73. The molecule has 16 heavy (non-hydrogen) atoms. The zero-order chi connectivity index (χ0) is 11.5. The minimum absolute atomic E-state index is 0.232. The monoisotopic (exact) mass is 220 g/mol. The molecule has 0 aliphatic heterocycles. The van der Waals surface area contributed by atoms with Gasteiger partial charge in [-0.1, -0.05) is 0 Å². The molecular formula is C11H13FN4. The van der Waals surface area contributed by atoms with Gasteiger partial charge in [-0.25, -0.2) is 4.39 Å². The maximum Gasteiger partial charge on any atom is 0.141 e. The summed E-state index contributed by atoms with van der Waals surface area (Å²) < 4.78 is 14.4. The van der Waals surface area contributed by atoms with Crippen LogP contribution in [0.15, 0.2) is 30.7 Å². The molecule has 0 aliphatic carbocycles. The number of aromatic nitrogens is 3. The van der Waals surface area contributed by atoms with E-state index in [1.165, 1.54) is 12.3 Å². The van der Waals surface area contributed by atoms with E-state index in [1.807, 2.05) is 13.2 Å². The molecule has 0 saturated heterocycles. The normalized spacial score (nSPS) is 12.7. The number of pyridine rings is 1. The van der Waals surface area contributed by atoms with E-state index in [4.69, 9.17) is 5.73 Å². The molecule has 0 aromatic carbocycles. The zero-order valence-corrected chi connectivity index (χ0v) is 8.97. The smallest absolute Gasteiger partial charge is 0.141 e. The molecule has 4 nitrogen and oxygen atoms in total. The highest BCUT2D eigenvalue weighted by atomic mass is 19.1. The average Bonchev–Trinajstić information content (AvgIpc) is 2.65. The molecule has 0 amide bonds. The van der Waals surface area contributed by atoms with Gasteiger partial charge >= 0.3 is 0 Å². The number of hydrogen-bond acceptors (Lipinski definition) is 3. The van der Waals surface area contributed by atoms with Crippen molar-refractivity contribution in [1.29, 1.82) is 0 Å².